The number of nitrogens with one attached hydrogen (secondary N) is 1. The van der Waals surface area contributed by atoms with E-state index >= 15 is 0 Å². The third-order valence-corrected chi connectivity index (χ3v) is 1.03. The van der Waals surface area contributed by atoms with Crippen molar-refractivity contribution in [2.75, 3.05) is 7.05 Å². The van der Waals surface area contributed by atoms with Crippen LogP contribution in [-0.2, 0) is 6.54 Å². The highest BCUT2D eigenvalue weighted by molar-refractivity contribution is 5.85. The van der Waals surface area contributed by atoms with Gasteiger partial charge in [-0.25, -0.2) is 0 Å². The van der Waals surface area contributed by atoms with E-state index in [9.17, 15) is 0 Å². The summed E-state index contributed by atoms with van der Waals surface area (Å²) in [6.45, 7) is 0.857. The summed E-state index contributed by atoms with van der Waals surface area (Å²) in [6, 6.07) is 1.93. The average molecular weight is 160 g/mol. The van der Waals surface area contributed by atoms with E-state index in [4.69, 9.17) is 0 Å². The van der Waals surface area contributed by atoms with E-state index in [1.807, 2.05) is 13.1 Å². The van der Waals surface area contributed by atoms with Crippen LogP contribution < -0.4 is 5.32 Å². The molecule has 0 aromatic carbocycles. The van der Waals surface area contributed by atoms with E-state index in [0.29, 0.717) is 0 Å². The predicted molar refractivity (Wildman–Crippen MR) is 42.0 cm³/mol. The van der Waals surface area contributed by atoms with Gasteiger partial charge in [-0.15, -0.1) is 12.4 Å². The quantitative estimate of drug-likeness (QED) is 0.688. The van der Waals surface area contributed by atoms with E-state index < -0.39 is 0 Å². The number of rotatable bonds is 2. The van der Waals surface area contributed by atoms with Crippen molar-refractivity contribution in [1.29, 1.82) is 0 Å². The van der Waals surface area contributed by atoms with Crippen LogP contribution in [0.5, 0.6) is 0 Å². The minimum Gasteiger partial charge on any atom is -0.316 e. The zero-order chi connectivity index (χ0) is 6.53. The molecule has 56 valence electrons. The Morgan fingerprint density at radius 1 is 1.50 bits per heavy atom. The maximum atomic E-state index is 3.71. The normalized spacial score (nSPS) is 8.50. The summed E-state index contributed by atoms with van der Waals surface area (Å²) in [7, 11) is 1.90. The zero-order valence-corrected chi connectivity index (χ0v) is 6.56. The van der Waals surface area contributed by atoms with Crippen molar-refractivity contribution in [2.45, 2.75) is 6.54 Å². The summed E-state index contributed by atoms with van der Waals surface area (Å²) in [5.74, 6) is 0. The number of nitrogens with zero attached hydrogens (tertiary/aromatic N) is 2. The van der Waals surface area contributed by atoms with Gasteiger partial charge in [0, 0.05) is 12.7 Å². The Morgan fingerprint density at radius 2 is 2.30 bits per heavy atom. The summed E-state index contributed by atoms with van der Waals surface area (Å²) in [4.78, 5) is 0. The number of hydrogen-bond donors (Lipinski definition) is 1. The molecule has 0 atom stereocenters. The van der Waals surface area contributed by atoms with Gasteiger partial charge in [-0.3, -0.25) is 0 Å². The van der Waals surface area contributed by atoms with Crippen LogP contribution >= 0.6 is 12.4 Å². The van der Waals surface area contributed by atoms with Crippen LogP contribution in [0.3, 0.4) is 0 Å². The lowest BCUT2D eigenvalue weighted by Gasteiger charge is -1.94. The third-order valence-electron chi connectivity index (χ3n) is 1.03. The molecule has 1 heterocycles. The number of hydrogen-bond acceptors (Lipinski definition) is 3. The highest BCUT2D eigenvalue weighted by Crippen LogP contribution is 1.90. The Morgan fingerprint density at radius 3 is 2.80 bits per heavy atom. The molecule has 0 amide bonds. The lowest BCUT2D eigenvalue weighted by molar-refractivity contribution is 0.805. The van der Waals surface area contributed by atoms with Crippen LogP contribution in [0.15, 0.2) is 18.5 Å². The van der Waals surface area contributed by atoms with E-state index in [0.717, 1.165) is 12.1 Å². The van der Waals surface area contributed by atoms with Crippen LogP contribution in [0.4, 0.5) is 0 Å². The molecule has 0 aliphatic carbocycles. The zero-order valence-electron chi connectivity index (χ0n) is 5.74. The molecular weight excluding hydrogens is 150 g/mol. The average Bonchev–Trinajstić information content (AvgIpc) is 1.91. The van der Waals surface area contributed by atoms with Crippen molar-refractivity contribution in [3.63, 3.8) is 0 Å². The Kier molecular flexibility index (Phi) is 4.80. The number of aromatic nitrogens is 2. The fourth-order valence-corrected chi connectivity index (χ4v) is 0.627. The Hall–Kier alpha value is -0.670. The second kappa shape index (κ2) is 5.14. The lowest BCUT2D eigenvalue weighted by Crippen LogP contribution is -2.05. The van der Waals surface area contributed by atoms with Gasteiger partial charge in [0.2, 0.25) is 0 Å². The van der Waals surface area contributed by atoms with Crippen LogP contribution in [0.1, 0.15) is 5.56 Å². The van der Waals surface area contributed by atoms with Crippen molar-refractivity contribution in [1.82, 2.24) is 15.5 Å². The van der Waals surface area contributed by atoms with Gasteiger partial charge in [-0.2, -0.15) is 10.2 Å². The molecule has 0 bridgehead atoms. The van der Waals surface area contributed by atoms with E-state index in [2.05, 4.69) is 15.5 Å². The topological polar surface area (TPSA) is 37.8 Å². The summed E-state index contributed by atoms with van der Waals surface area (Å²) in [6.07, 6.45) is 3.43. The first-order valence-electron chi connectivity index (χ1n) is 2.83. The molecule has 0 spiro atoms. The van der Waals surface area contributed by atoms with Gasteiger partial charge >= 0.3 is 0 Å². The molecule has 0 fully saturated rings. The molecule has 0 aliphatic rings. The van der Waals surface area contributed by atoms with Crippen LogP contribution in [0.2, 0.25) is 0 Å². The molecule has 0 unspecified atom stereocenters. The predicted octanol–water partition coefficient (Wildman–Crippen LogP) is 0.618. The van der Waals surface area contributed by atoms with E-state index in [1.165, 1.54) is 0 Å². The first kappa shape index (κ1) is 9.33. The largest absolute Gasteiger partial charge is 0.316 e. The standard InChI is InChI=1S/C6H9N3.ClH/c1-7-4-6-2-3-8-9-5-6;/h2-3,5,7H,4H2,1H3;1H. The molecule has 4 heteroatoms. The highest BCUT2D eigenvalue weighted by atomic mass is 35.5. The molecule has 10 heavy (non-hydrogen) atoms. The first-order chi connectivity index (χ1) is 4.43. The van der Waals surface area contributed by atoms with E-state index in [-0.39, 0.29) is 12.4 Å². The van der Waals surface area contributed by atoms with Crippen LogP contribution in [0.25, 0.3) is 0 Å². The maximum absolute atomic E-state index is 3.71. The fourth-order valence-electron chi connectivity index (χ4n) is 0.627. The Bertz CT molecular complexity index is 166. The fraction of sp³-hybridized carbons (Fsp3) is 0.333. The molecular formula is C6H10ClN3. The minimum atomic E-state index is 0. The smallest absolute Gasteiger partial charge is 0.0541 e. The SMILES string of the molecule is CNCc1ccnnc1.Cl. The van der Waals surface area contributed by atoms with Crippen molar-refractivity contribution in [3.05, 3.63) is 24.0 Å². The second-order valence-electron chi connectivity index (χ2n) is 1.78. The van der Waals surface area contributed by atoms with Crippen molar-refractivity contribution in [3.8, 4) is 0 Å². The molecule has 0 saturated heterocycles. The number of halogens is 1. The molecule has 3 nitrogen and oxygen atoms in total. The monoisotopic (exact) mass is 159 g/mol. The van der Waals surface area contributed by atoms with Crippen molar-refractivity contribution >= 4 is 12.4 Å². The molecule has 0 saturated carbocycles. The molecule has 1 N–H and O–H groups in total. The molecule has 0 aliphatic heterocycles. The Balaban J connectivity index is 0.000000810. The highest BCUT2D eigenvalue weighted by Gasteiger charge is 1.85. The summed E-state index contributed by atoms with van der Waals surface area (Å²) in [5, 5.41) is 10.4. The lowest BCUT2D eigenvalue weighted by atomic mass is 10.3. The first-order valence-corrected chi connectivity index (χ1v) is 2.83. The Labute approximate surface area is 66.3 Å². The summed E-state index contributed by atoms with van der Waals surface area (Å²) in [5.41, 5.74) is 1.16. The van der Waals surface area contributed by atoms with Crippen molar-refractivity contribution in [2.24, 2.45) is 0 Å². The van der Waals surface area contributed by atoms with Gasteiger partial charge in [0.05, 0.1) is 6.20 Å². The van der Waals surface area contributed by atoms with Gasteiger partial charge in [0.25, 0.3) is 0 Å². The maximum Gasteiger partial charge on any atom is 0.0541 e. The van der Waals surface area contributed by atoms with Crippen LogP contribution in [-0.4, -0.2) is 17.2 Å². The van der Waals surface area contributed by atoms with Crippen LogP contribution in [0, 0.1) is 0 Å². The van der Waals surface area contributed by atoms with Gasteiger partial charge in [-0.05, 0) is 18.7 Å². The van der Waals surface area contributed by atoms with Gasteiger partial charge in [0.1, 0.15) is 0 Å². The van der Waals surface area contributed by atoms with Crippen molar-refractivity contribution < 1.29 is 0 Å². The van der Waals surface area contributed by atoms with E-state index in [1.54, 1.807) is 12.4 Å². The summed E-state index contributed by atoms with van der Waals surface area (Å²) >= 11 is 0. The summed E-state index contributed by atoms with van der Waals surface area (Å²) < 4.78 is 0. The molecule has 1 aromatic rings. The molecule has 0 radical (unpaired) electrons. The third kappa shape index (κ3) is 2.75. The van der Waals surface area contributed by atoms with Gasteiger partial charge in [-0.1, -0.05) is 0 Å². The molecule has 1 aromatic heterocycles. The van der Waals surface area contributed by atoms with Gasteiger partial charge in [0.15, 0.2) is 0 Å². The molecule has 1 rings (SSSR count). The second-order valence-corrected chi connectivity index (χ2v) is 1.78. The minimum absolute atomic E-state index is 0. The van der Waals surface area contributed by atoms with Gasteiger partial charge < -0.3 is 5.32 Å².